The second-order valence-corrected chi connectivity index (χ2v) is 6.71. The zero-order valence-electron chi connectivity index (χ0n) is 14.0. The number of methoxy groups -OCH3 is 1. The first kappa shape index (κ1) is 15.8. The predicted octanol–water partition coefficient (Wildman–Crippen LogP) is 2.74. The van der Waals surface area contributed by atoms with Crippen LogP contribution in [0.25, 0.3) is 0 Å². The van der Waals surface area contributed by atoms with Gasteiger partial charge in [0.15, 0.2) is 5.92 Å². The second-order valence-electron chi connectivity index (χ2n) is 6.71. The normalized spacial score (nSPS) is 26.4. The van der Waals surface area contributed by atoms with Crippen LogP contribution in [-0.2, 0) is 30.9 Å². The molecule has 1 fully saturated rings. The summed E-state index contributed by atoms with van der Waals surface area (Å²) in [6, 6.07) is 5.85. The highest BCUT2D eigenvalue weighted by Crippen LogP contribution is 2.50. The molecule has 0 aromatic heterocycles. The zero-order valence-corrected chi connectivity index (χ0v) is 14.0. The van der Waals surface area contributed by atoms with Gasteiger partial charge in [0.25, 0.3) is 5.79 Å². The predicted molar refractivity (Wildman–Crippen MR) is 83.0 cm³/mol. The van der Waals surface area contributed by atoms with Crippen LogP contribution in [-0.4, -0.2) is 24.8 Å². The molecule has 1 heterocycles. The van der Waals surface area contributed by atoms with Crippen LogP contribution < -0.4 is 4.74 Å². The fraction of sp³-hybridized carbons (Fsp3) is 0.556. The summed E-state index contributed by atoms with van der Waals surface area (Å²) in [5.41, 5.74) is 1.56. The number of hydrogen-bond acceptors (Lipinski definition) is 5. The summed E-state index contributed by atoms with van der Waals surface area (Å²) >= 11 is 0. The number of esters is 2. The number of carbonyl (C=O) groups is 2. The smallest absolute Gasteiger partial charge is 0.324 e. The van der Waals surface area contributed by atoms with Gasteiger partial charge in [0.2, 0.25) is 0 Å². The average molecular weight is 318 g/mol. The lowest BCUT2D eigenvalue weighted by Gasteiger charge is -2.41. The number of carbonyl (C=O) groups excluding carboxylic acids is 2. The van der Waals surface area contributed by atoms with E-state index < -0.39 is 29.1 Å². The first-order chi connectivity index (χ1) is 10.8. The van der Waals surface area contributed by atoms with Gasteiger partial charge in [-0.3, -0.25) is 9.59 Å². The molecule has 124 valence electrons. The van der Waals surface area contributed by atoms with Gasteiger partial charge in [0.05, 0.1) is 7.11 Å². The molecular weight excluding hydrogens is 296 g/mol. The summed E-state index contributed by atoms with van der Waals surface area (Å²) in [5.74, 6) is -2.39. The molecule has 3 rings (SSSR count). The molecule has 0 amide bonds. The van der Waals surface area contributed by atoms with Crippen molar-refractivity contribution in [1.29, 1.82) is 0 Å². The SMILES string of the molecule is CC[C@@]1(C2C(=O)OC(C)(C)OC2=O)CCc2ccc(OC)cc21. The first-order valence-corrected chi connectivity index (χ1v) is 7.96. The van der Waals surface area contributed by atoms with Gasteiger partial charge in [0.1, 0.15) is 5.75 Å². The number of rotatable bonds is 3. The highest BCUT2D eigenvalue weighted by Gasteiger charge is 2.56. The number of fused-ring (bicyclic) bond motifs is 1. The Morgan fingerprint density at radius 1 is 1.22 bits per heavy atom. The largest absolute Gasteiger partial charge is 0.497 e. The summed E-state index contributed by atoms with van der Waals surface area (Å²) in [6.45, 7) is 5.14. The minimum Gasteiger partial charge on any atom is -0.497 e. The molecule has 0 saturated carbocycles. The molecule has 5 nitrogen and oxygen atoms in total. The van der Waals surface area contributed by atoms with Crippen LogP contribution in [0.5, 0.6) is 5.75 Å². The van der Waals surface area contributed by atoms with E-state index in [0.29, 0.717) is 6.42 Å². The molecule has 5 heteroatoms. The van der Waals surface area contributed by atoms with Gasteiger partial charge in [-0.25, -0.2) is 0 Å². The van der Waals surface area contributed by atoms with E-state index in [1.807, 2.05) is 25.1 Å². The van der Waals surface area contributed by atoms with Gasteiger partial charge in [-0.2, -0.15) is 0 Å². The standard InChI is InChI=1S/C18H22O5/c1-5-18(14-15(19)22-17(2,3)23-16(14)20)9-8-11-6-7-12(21-4)10-13(11)18/h6-7,10,14H,5,8-9H2,1-4H3/t18-/m1/s1. The molecule has 1 atom stereocenters. The van der Waals surface area contributed by atoms with E-state index in [0.717, 1.165) is 29.7 Å². The Balaban J connectivity index is 2.08. The Bertz CT molecular complexity index is 643. The Labute approximate surface area is 135 Å². The van der Waals surface area contributed by atoms with Gasteiger partial charge in [-0.15, -0.1) is 0 Å². The summed E-state index contributed by atoms with van der Waals surface area (Å²) in [4.78, 5) is 25.2. The van der Waals surface area contributed by atoms with E-state index in [4.69, 9.17) is 14.2 Å². The molecule has 1 aromatic rings. The monoisotopic (exact) mass is 318 g/mol. The van der Waals surface area contributed by atoms with Gasteiger partial charge < -0.3 is 14.2 Å². The summed E-state index contributed by atoms with van der Waals surface area (Å²) in [5, 5.41) is 0. The molecule has 1 aliphatic carbocycles. The van der Waals surface area contributed by atoms with Crippen molar-refractivity contribution < 1.29 is 23.8 Å². The van der Waals surface area contributed by atoms with Crippen molar-refractivity contribution in [3.05, 3.63) is 29.3 Å². The molecule has 0 N–H and O–H groups in total. The van der Waals surface area contributed by atoms with Crippen molar-refractivity contribution in [2.75, 3.05) is 7.11 Å². The molecule has 0 spiro atoms. The van der Waals surface area contributed by atoms with E-state index in [2.05, 4.69) is 0 Å². The summed E-state index contributed by atoms with van der Waals surface area (Å²) < 4.78 is 16.0. The first-order valence-electron chi connectivity index (χ1n) is 7.96. The third-order valence-electron chi connectivity index (χ3n) is 5.04. The fourth-order valence-corrected chi connectivity index (χ4v) is 3.90. The number of ether oxygens (including phenoxy) is 3. The Morgan fingerprint density at radius 2 is 1.87 bits per heavy atom. The lowest BCUT2D eigenvalue weighted by Crippen LogP contribution is -2.53. The topological polar surface area (TPSA) is 61.8 Å². The summed E-state index contributed by atoms with van der Waals surface area (Å²) in [6.07, 6.45) is 2.21. The van der Waals surface area contributed by atoms with Gasteiger partial charge >= 0.3 is 11.9 Å². The molecule has 1 aliphatic heterocycles. The molecule has 1 saturated heterocycles. The Morgan fingerprint density at radius 3 is 2.43 bits per heavy atom. The number of benzene rings is 1. The minimum absolute atomic E-state index is 0.497. The third kappa shape index (κ3) is 2.38. The molecule has 0 unspecified atom stereocenters. The fourth-order valence-electron chi connectivity index (χ4n) is 3.90. The lowest BCUT2D eigenvalue weighted by molar-refractivity contribution is -0.243. The number of aryl methyl sites for hydroxylation is 1. The number of cyclic esters (lactones) is 2. The maximum absolute atomic E-state index is 12.6. The van der Waals surface area contributed by atoms with Crippen molar-refractivity contribution >= 4 is 11.9 Å². The Hall–Kier alpha value is -2.04. The molecule has 0 radical (unpaired) electrons. The van der Waals surface area contributed by atoms with E-state index in [1.165, 1.54) is 0 Å². The lowest BCUT2D eigenvalue weighted by atomic mass is 9.68. The number of hydrogen-bond donors (Lipinski definition) is 0. The molecule has 2 aliphatic rings. The molecule has 1 aromatic carbocycles. The van der Waals surface area contributed by atoms with E-state index in [9.17, 15) is 9.59 Å². The highest BCUT2D eigenvalue weighted by atomic mass is 16.7. The van der Waals surface area contributed by atoms with Crippen molar-refractivity contribution in [2.45, 2.75) is 51.2 Å². The van der Waals surface area contributed by atoms with E-state index in [-0.39, 0.29) is 0 Å². The van der Waals surface area contributed by atoms with E-state index in [1.54, 1.807) is 21.0 Å². The third-order valence-corrected chi connectivity index (χ3v) is 5.04. The maximum atomic E-state index is 12.6. The van der Waals surface area contributed by atoms with Gasteiger partial charge in [0, 0.05) is 19.3 Å². The van der Waals surface area contributed by atoms with Crippen molar-refractivity contribution in [3.63, 3.8) is 0 Å². The van der Waals surface area contributed by atoms with Crippen LogP contribution in [0.3, 0.4) is 0 Å². The quantitative estimate of drug-likeness (QED) is 0.633. The van der Waals surface area contributed by atoms with Crippen LogP contribution in [0.15, 0.2) is 18.2 Å². The highest BCUT2D eigenvalue weighted by molar-refractivity contribution is 5.98. The molecule has 0 bridgehead atoms. The van der Waals surface area contributed by atoms with E-state index >= 15 is 0 Å². The van der Waals surface area contributed by atoms with Crippen molar-refractivity contribution in [2.24, 2.45) is 5.92 Å². The minimum atomic E-state index is -1.20. The van der Waals surface area contributed by atoms with Crippen molar-refractivity contribution in [3.8, 4) is 5.75 Å². The molecular formula is C18H22O5. The zero-order chi connectivity index (χ0) is 16.8. The second kappa shape index (κ2) is 5.25. The average Bonchev–Trinajstić information content (AvgIpc) is 2.84. The molecule has 23 heavy (non-hydrogen) atoms. The van der Waals surface area contributed by atoms with Crippen LogP contribution in [0.1, 0.15) is 44.7 Å². The van der Waals surface area contributed by atoms with Crippen LogP contribution in [0.4, 0.5) is 0 Å². The van der Waals surface area contributed by atoms with Crippen LogP contribution >= 0.6 is 0 Å². The van der Waals surface area contributed by atoms with Gasteiger partial charge in [-0.05, 0) is 42.5 Å². The summed E-state index contributed by atoms with van der Waals surface area (Å²) in [7, 11) is 1.61. The van der Waals surface area contributed by atoms with Crippen molar-refractivity contribution in [1.82, 2.24) is 0 Å². The Kier molecular flexibility index (Phi) is 3.62. The van der Waals surface area contributed by atoms with Gasteiger partial charge in [-0.1, -0.05) is 13.0 Å². The van der Waals surface area contributed by atoms with Crippen LogP contribution in [0, 0.1) is 5.92 Å². The maximum Gasteiger partial charge on any atom is 0.324 e. The van der Waals surface area contributed by atoms with Crippen LogP contribution in [0.2, 0.25) is 0 Å².